The van der Waals surface area contributed by atoms with E-state index in [1.54, 1.807) is 11.0 Å². The molecular weight excluding hydrogens is 482 g/mol. The lowest BCUT2D eigenvalue weighted by atomic mass is 10.1. The molecule has 4 heterocycles. The highest BCUT2D eigenvalue weighted by molar-refractivity contribution is 9.09. The minimum absolute atomic E-state index is 0.608. The summed E-state index contributed by atoms with van der Waals surface area (Å²) < 4.78 is 9.46. The summed E-state index contributed by atoms with van der Waals surface area (Å²) in [5.74, 6) is 1.54. The van der Waals surface area contributed by atoms with Crippen LogP contribution in [0.15, 0.2) is 73.6 Å². The highest BCUT2D eigenvalue weighted by atomic mass is 79.9. The van der Waals surface area contributed by atoms with Crippen molar-refractivity contribution < 1.29 is 4.74 Å². The summed E-state index contributed by atoms with van der Waals surface area (Å²) in [6.45, 7) is 1.27. The molecule has 0 aliphatic carbocycles. The van der Waals surface area contributed by atoms with Gasteiger partial charge in [0.15, 0.2) is 0 Å². The Labute approximate surface area is 199 Å². The fourth-order valence-electron chi connectivity index (χ4n) is 3.57. The van der Waals surface area contributed by atoms with Gasteiger partial charge < -0.3 is 10.1 Å². The Kier molecular flexibility index (Phi) is 6.03. The molecule has 0 unspecified atom stereocenters. The molecule has 1 N–H and O–H groups in total. The van der Waals surface area contributed by atoms with E-state index in [0.29, 0.717) is 13.2 Å². The molecule has 0 saturated heterocycles. The van der Waals surface area contributed by atoms with Crippen molar-refractivity contribution in [2.24, 2.45) is 7.05 Å². The summed E-state index contributed by atoms with van der Waals surface area (Å²) in [5, 5.41) is 8.40. The molecule has 0 aliphatic heterocycles. The number of nitrogens with zero attached hydrogens (tertiary/aromatic N) is 6. The Morgan fingerprint density at radius 1 is 1.00 bits per heavy atom. The molecule has 0 aliphatic rings. The average molecular weight is 504 g/mol. The molecule has 0 atom stereocenters. The Morgan fingerprint density at radius 2 is 1.88 bits per heavy atom. The molecule has 33 heavy (non-hydrogen) atoms. The molecule has 0 saturated carbocycles. The van der Waals surface area contributed by atoms with Crippen molar-refractivity contribution in [1.82, 2.24) is 29.1 Å². The fourth-order valence-corrected chi connectivity index (χ4v) is 3.73. The lowest BCUT2D eigenvalue weighted by molar-refractivity contribution is 0.345. The number of benzene rings is 1. The number of nitrogens with one attached hydrogen (secondary N) is 1. The predicted octanol–water partition coefficient (Wildman–Crippen LogP) is 4.58. The number of rotatable bonds is 8. The molecular formula is C24H22BrN7O. The summed E-state index contributed by atoms with van der Waals surface area (Å²) in [7, 11) is 1.92. The highest BCUT2D eigenvalue weighted by Crippen LogP contribution is 2.24. The third-order valence-electron chi connectivity index (χ3n) is 5.23. The number of pyridine rings is 1. The van der Waals surface area contributed by atoms with Crippen LogP contribution in [0.1, 0.15) is 5.56 Å². The number of hydrogen-bond acceptors (Lipinski definition) is 6. The third-order valence-corrected chi connectivity index (χ3v) is 5.55. The zero-order valence-electron chi connectivity index (χ0n) is 18.0. The van der Waals surface area contributed by atoms with Gasteiger partial charge in [0.2, 0.25) is 0 Å². The van der Waals surface area contributed by atoms with Crippen molar-refractivity contribution in [3.8, 4) is 28.3 Å². The van der Waals surface area contributed by atoms with Gasteiger partial charge in [0.25, 0.3) is 0 Å². The van der Waals surface area contributed by atoms with Gasteiger partial charge in [0.05, 0.1) is 30.4 Å². The average Bonchev–Trinajstić information content (AvgIpc) is 3.48. The van der Waals surface area contributed by atoms with Gasteiger partial charge in [-0.05, 0) is 17.2 Å². The summed E-state index contributed by atoms with van der Waals surface area (Å²) in [6, 6.07) is 14.2. The number of anilines is 1. The van der Waals surface area contributed by atoms with Crippen LogP contribution in [0, 0.1) is 0 Å². The van der Waals surface area contributed by atoms with Gasteiger partial charge in [-0.3, -0.25) is 9.08 Å². The predicted molar refractivity (Wildman–Crippen MR) is 131 cm³/mol. The van der Waals surface area contributed by atoms with Gasteiger partial charge in [-0.15, -0.1) is 0 Å². The second-order valence-electron chi connectivity index (χ2n) is 7.51. The number of aromatic nitrogens is 6. The maximum atomic E-state index is 5.66. The number of fused-ring (bicyclic) bond motifs is 1. The van der Waals surface area contributed by atoms with Crippen LogP contribution in [0.3, 0.4) is 0 Å². The molecule has 0 spiro atoms. The SMILES string of the molecule is Cn1cc(-c2ccc(CNc3cc(-c4cnc5cc(OCCBr)ccn45)ncn3)cc2)cn1. The standard InChI is InChI=1S/C24H22BrN7O/c1-31-15-19(13-30-31)18-4-2-17(3-5-18)12-26-23-11-21(28-16-29-23)22-14-27-24-10-20(33-9-7-25)6-8-32(22)24/h2-6,8,10-11,13-16H,7,9,12H2,1H3,(H,26,28,29). The van der Waals surface area contributed by atoms with Crippen LogP contribution in [-0.4, -0.2) is 41.1 Å². The molecule has 1 aromatic carbocycles. The van der Waals surface area contributed by atoms with Crippen LogP contribution < -0.4 is 10.1 Å². The van der Waals surface area contributed by atoms with E-state index in [1.165, 1.54) is 0 Å². The number of aryl methyl sites for hydroxylation is 1. The smallest absolute Gasteiger partial charge is 0.140 e. The molecule has 5 rings (SSSR count). The summed E-state index contributed by atoms with van der Waals surface area (Å²) in [6.07, 6.45) is 9.20. The van der Waals surface area contributed by atoms with E-state index in [2.05, 4.69) is 65.6 Å². The highest BCUT2D eigenvalue weighted by Gasteiger charge is 2.10. The number of hydrogen-bond donors (Lipinski definition) is 1. The maximum absolute atomic E-state index is 5.66. The first kappa shape index (κ1) is 21.1. The zero-order valence-corrected chi connectivity index (χ0v) is 19.6. The van der Waals surface area contributed by atoms with Crippen LogP contribution >= 0.6 is 15.9 Å². The minimum atomic E-state index is 0.608. The van der Waals surface area contributed by atoms with Gasteiger partial charge in [0.1, 0.15) is 23.5 Å². The van der Waals surface area contributed by atoms with Crippen molar-refractivity contribution in [2.75, 3.05) is 17.3 Å². The van der Waals surface area contributed by atoms with E-state index >= 15 is 0 Å². The molecule has 8 nitrogen and oxygen atoms in total. The second kappa shape index (κ2) is 9.41. The first-order valence-electron chi connectivity index (χ1n) is 10.5. The van der Waals surface area contributed by atoms with Crippen molar-refractivity contribution in [2.45, 2.75) is 6.54 Å². The molecule has 0 amide bonds. The topological polar surface area (TPSA) is 82.2 Å². The lowest BCUT2D eigenvalue weighted by Gasteiger charge is -2.08. The normalized spacial score (nSPS) is 11.1. The Bertz CT molecular complexity index is 1380. The first-order valence-corrected chi connectivity index (χ1v) is 11.6. The van der Waals surface area contributed by atoms with E-state index in [-0.39, 0.29) is 0 Å². The van der Waals surface area contributed by atoms with E-state index < -0.39 is 0 Å². The zero-order chi connectivity index (χ0) is 22.6. The molecule has 0 bridgehead atoms. The van der Waals surface area contributed by atoms with Crippen molar-refractivity contribution in [3.63, 3.8) is 0 Å². The number of alkyl halides is 1. The summed E-state index contributed by atoms with van der Waals surface area (Å²) in [4.78, 5) is 13.3. The molecule has 0 radical (unpaired) electrons. The molecule has 9 heteroatoms. The minimum Gasteiger partial charge on any atom is -0.493 e. The molecule has 5 aromatic rings. The van der Waals surface area contributed by atoms with E-state index in [9.17, 15) is 0 Å². The van der Waals surface area contributed by atoms with E-state index in [1.807, 2.05) is 54.4 Å². The van der Waals surface area contributed by atoms with Gasteiger partial charge in [-0.1, -0.05) is 40.2 Å². The third kappa shape index (κ3) is 4.73. The summed E-state index contributed by atoms with van der Waals surface area (Å²) >= 11 is 3.37. The summed E-state index contributed by atoms with van der Waals surface area (Å²) in [5.41, 5.74) is 5.90. The van der Waals surface area contributed by atoms with Crippen LogP contribution in [-0.2, 0) is 13.6 Å². The van der Waals surface area contributed by atoms with Crippen LogP contribution in [0.5, 0.6) is 5.75 Å². The van der Waals surface area contributed by atoms with Crippen molar-refractivity contribution >= 4 is 27.4 Å². The molecule has 4 aromatic heterocycles. The van der Waals surface area contributed by atoms with Gasteiger partial charge in [-0.25, -0.2) is 15.0 Å². The van der Waals surface area contributed by atoms with Gasteiger partial charge in [-0.2, -0.15) is 5.10 Å². The van der Waals surface area contributed by atoms with Crippen molar-refractivity contribution in [1.29, 1.82) is 0 Å². The maximum Gasteiger partial charge on any atom is 0.140 e. The van der Waals surface area contributed by atoms with Crippen LogP contribution in [0.2, 0.25) is 0 Å². The Hall–Kier alpha value is -3.72. The second-order valence-corrected chi connectivity index (χ2v) is 8.31. The molecule has 166 valence electrons. The van der Waals surface area contributed by atoms with E-state index in [0.717, 1.165) is 50.6 Å². The number of ether oxygens (including phenoxy) is 1. The van der Waals surface area contributed by atoms with Crippen LogP contribution in [0.4, 0.5) is 5.82 Å². The van der Waals surface area contributed by atoms with Gasteiger partial charge in [0, 0.05) is 49.0 Å². The number of imidazole rings is 1. The Morgan fingerprint density at radius 3 is 2.67 bits per heavy atom. The van der Waals surface area contributed by atoms with Gasteiger partial charge >= 0.3 is 0 Å². The monoisotopic (exact) mass is 503 g/mol. The van der Waals surface area contributed by atoms with Crippen molar-refractivity contribution in [3.05, 3.63) is 79.1 Å². The largest absolute Gasteiger partial charge is 0.493 e. The van der Waals surface area contributed by atoms with E-state index in [4.69, 9.17) is 4.74 Å². The number of halogens is 1. The Balaban J connectivity index is 1.29. The molecule has 0 fully saturated rings. The lowest BCUT2D eigenvalue weighted by Crippen LogP contribution is -2.02. The quantitative estimate of drug-likeness (QED) is 0.312. The van der Waals surface area contributed by atoms with Crippen LogP contribution in [0.25, 0.3) is 28.2 Å². The first-order chi connectivity index (χ1) is 16.2. The fraction of sp³-hybridized carbons (Fsp3) is 0.167.